The van der Waals surface area contributed by atoms with Gasteiger partial charge >= 0.3 is 11.8 Å². The number of rotatable bonds is 5. The molecule has 24 heavy (non-hydrogen) atoms. The van der Waals surface area contributed by atoms with Gasteiger partial charge < -0.3 is 10.1 Å². The van der Waals surface area contributed by atoms with Crippen LogP contribution >= 0.6 is 27.3 Å². The van der Waals surface area contributed by atoms with Crippen molar-refractivity contribution in [2.24, 2.45) is 5.92 Å². The topological polar surface area (TPSA) is 80.3 Å². The lowest BCUT2D eigenvalue weighted by Gasteiger charge is -2.14. The SMILES string of the molecule is Cc1ccc(NC(=O)C(=O)Nc2ncc(Br)s2)c(OCC(C)C)c1. The molecule has 0 aliphatic heterocycles. The summed E-state index contributed by atoms with van der Waals surface area (Å²) in [6.07, 6.45) is 1.55. The smallest absolute Gasteiger partial charge is 0.315 e. The molecule has 2 rings (SSSR count). The van der Waals surface area contributed by atoms with E-state index in [1.165, 1.54) is 11.3 Å². The second kappa shape index (κ2) is 8.25. The van der Waals surface area contributed by atoms with E-state index in [0.717, 1.165) is 9.35 Å². The highest BCUT2D eigenvalue weighted by Gasteiger charge is 2.17. The Bertz CT molecular complexity index is 746. The van der Waals surface area contributed by atoms with Gasteiger partial charge in [-0.15, -0.1) is 0 Å². The number of hydrogen-bond donors (Lipinski definition) is 2. The molecule has 8 heteroatoms. The number of ether oxygens (including phenoxy) is 1. The second-order valence-electron chi connectivity index (χ2n) is 5.58. The number of carbonyl (C=O) groups is 2. The van der Waals surface area contributed by atoms with Crippen LogP contribution in [0.1, 0.15) is 19.4 Å². The van der Waals surface area contributed by atoms with E-state index >= 15 is 0 Å². The largest absolute Gasteiger partial charge is 0.491 e. The Hall–Kier alpha value is -1.93. The third-order valence-corrected chi connectivity index (χ3v) is 4.25. The summed E-state index contributed by atoms with van der Waals surface area (Å²) in [4.78, 5) is 28.0. The number of hydrogen-bond acceptors (Lipinski definition) is 5. The molecular formula is C16H18BrN3O3S. The summed E-state index contributed by atoms with van der Waals surface area (Å²) < 4.78 is 6.48. The van der Waals surface area contributed by atoms with Gasteiger partial charge in [0.2, 0.25) is 0 Å². The number of benzene rings is 1. The number of nitrogens with one attached hydrogen (secondary N) is 2. The van der Waals surface area contributed by atoms with Crippen LogP contribution in [0.2, 0.25) is 0 Å². The Kier molecular flexibility index (Phi) is 6.33. The minimum Gasteiger partial charge on any atom is -0.491 e. The van der Waals surface area contributed by atoms with Crippen molar-refractivity contribution in [3.05, 3.63) is 33.7 Å². The molecule has 0 fully saturated rings. The molecule has 0 radical (unpaired) electrons. The first kappa shape index (κ1) is 18.4. The summed E-state index contributed by atoms with van der Waals surface area (Å²) in [6, 6.07) is 5.39. The molecule has 0 bridgehead atoms. The van der Waals surface area contributed by atoms with Gasteiger partial charge in [0.05, 0.1) is 22.3 Å². The molecule has 0 saturated carbocycles. The minimum absolute atomic E-state index is 0.348. The van der Waals surface area contributed by atoms with E-state index in [1.807, 2.05) is 32.9 Å². The molecule has 2 N–H and O–H groups in total. The Morgan fingerprint density at radius 1 is 1.29 bits per heavy atom. The van der Waals surface area contributed by atoms with Crippen molar-refractivity contribution in [2.45, 2.75) is 20.8 Å². The highest BCUT2D eigenvalue weighted by Crippen LogP contribution is 2.27. The van der Waals surface area contributed by atoms with E-state index in [4.69, 9.17) is 4.74 Å². The molecule has 1 aromatic carbocycles. The Morgan fingerprint density at radius 2 is 2.00 bits per heavy atom. The first-order chi connectivity index (χ1) is 11.3. The summed E-state index contributed by atoms with van der Waals surface area (Å²) >= 11 is 4.47. The van der Waals surface area contributed by atoms with Gasteiger partial charge in [0, 0.05) is 0 Å². The van der Waals surface area contributed by atoms with E-state index in [2.05, 4.69) is 31.5 Å². The Balaban J connectivity index is 2.05. The fourth-order valence-corrected chi connectivity index (χ4v) is 2.86. The van der Waals surface area contributed by atoms with Crippen molar-refractivity contribution in [3.8, 4) is 5.75 Å². The zero-order valence-electron chi connectivity index (χ0n) is 13.6. The Morgan fingerprint density at radius 3 is 2.62 bits per heavy atom. The van der Waals surface area contributed by atoms with Gasteiger partial charge in [-0.1, -0.05) is 31.3 Å². The summed E-state index contributed by atoms with van der Waals surface area (Å²) in [7, 11) is 0. The van der Waals surface area contributed by atoms with Crippen molar-refractivity contribution in [1.29, 1.82) is 0 Å². The van der Waals surface area contributed by atoms with Gasteiger partial charge in [-0.25, -0.2) is 4.98 Å². The van der Waals surface area contributed by atoms with Crippen LogP contribution in [0, 0.1) is 12.8 Å². The average molecular weight is 412 g/mol. The molecule has 2 aromatic rings. The van der Waals surface area contributed by atoms with Gasteiger partial charge in [-0.3, -0.25) is 14.9 Å². The van der Waals surface area contributed by atoms with Crippen molar-refractivity contribution in [1.82, 2.24) is 4.98 Å². The average Bonchev–Trinajstić information content (AvgIpc) is 2.92. The lowest BCUT2D eigenvalue weighted by Crippen LogP contribution is -2.29. The van der Waals surface area contributed by atoms with Crippen molar-refractivity contribution >= 4 is 49.9 Å². The molecule has 6 nitrogen and oxygen atoms in total. The second-order valence-corrected chi connectivity index (χ2v) is 7.99. The van der Waals surface area contributed by atoms with Gasteiger partial charge in [-0.2, -0.15) is 0 Å². The molecular weight excluding hydrogens is 394 g/mol. The number of carbonyl (C=O) groups excluding carboxylic acids is 2. The normalized spacial score (nSPS) is 10.5. The van der Waals surface area contributed by atoms with Crippen LogP contribution in [0.15, 0.2) is 28.2 Å². The zero-order chi connectivity index (χ0) is 17.7. The van der Waals surface area contributed by atoms with Gasteiger partial charge in [0.1, 0.15) is 5.75 Å². The molecule has 0 aliphatic carbocycles. The number of nitrogens with zero attached hydrogens (tertiary/aromatic N) is 1. The highest BCUT2D eigenvalue weighted by atomic mass is 79.9. The maximum Gasteiger partial charge on any atom is 0.315 e. The fourth-order valence-electron chi connectivity index (χ4n) is 1.75. The minimum atomic E-state index is -0.785. The molecule has 0 saturated heterocycles. The number of aryl methyl sites for hydroxylation is 1. The summed E-state index contributed by atoms with van der Waals surface area (Å²) in [5, 5.41) is 5.38. The molecule has 2 amide bonds. The van der Waals surface area contributed by atoms with Gasteiger partial charge in [-0.05, 0) is 46.5 Å². The predicted molar refractivity (Wildman–Crippen MR) is 98.6 cm³/mol. The summed E-state index contributed by atoms with van der Waals surface area (Å²) in [5.74, 6) is -0.672. The van der Waals surface area contributed by atoms with E-state index < -0.39 is 11.8 Å². The van der Waals surface area contributed by atoms with Gasteiger partial charge in [0.15, 0.2) is 5.13 Å². The number of thiazole rings is 1. The van der Waals surface area contributed by atoms with Crippen LogP contribution in [0.25, 0.3) is 0 Å². The van der Waals surface area contributed by atoms with Crippen LogP contribution in [-0.4, -0.2) is 23.4 Å². The maximum atomic E-state index is 12.1. The molecule has 0 atom stereocenters. The lowest BCUT2D eigenvalue weighted by molar-refractivity contribution is -0.133. The summed E-state index contributed by atoms with van der Waals surface area (Å²) in [6.45, 7) is 6.52. The lowest BCUT2D eigenvalue weighted by atomic mass is 10.2. The third-order valence-electron chi connectivity index (χ3n) is 2.86. The molecule has 1 aromatic heterocycles. The number of anilines is 2. The first-order valence-electron chi connectivity index (χ1n) is 7.32. The van der Waals surface area contributed by atoms with Gasteiger partial charge in [0.25, 0.3) is 0 Å². The number of aromatic nitrogens is 1. The highest BCUT2D eigenvalue weighted by molar-refractivity contribution is 9.11. The van der Waals surface area contributed by atoms with Crippen LogP contribution in [0.3, 0.4) is 0 Å². The fraction of sp³-hybridized carbons (Fsp3) is 0.312. The first-order valence-corrected chi connectivity index (χ1v) is 8.93. The monoisotopic (exact) mass is 411 g/mol. The van der Waals surface area contributed by atoms with Crippen LogP contribution < -0.4 is 15.4 Å². The van der Waals surface area contributed by atoms with E-state index in [0.29, 0.717) is 29.1 Å². The van der Waals surface area contributed by atoms with Crippen molar-refractivity contribution in [3.63, 3.8) is 0 Å². The molecule has 0 spiro atoms. The van der Waals surface area contributed by atoms with Crippen LogP contribution in [-0.2, 0) is 9.59 Å². The summed E-state index contributed by atoms with van der Waals surface area (Å²) in [5.41, 5.74) is 1.46. The van der Waals surface area contributed by atoms with Crippen molar-refractivity contribution in [2.75, 3.05) is 17.2 Å². The third kappa shape index (κ3) is 5.31. The zero-order valence-corrected chi connectivity index (χ0v) is 16.0. The predicted octanol–water partition coefficient (Wildman–Crippen LogP) is 3.83. The number of halogens is 1. The van der Waals surface area contributed by atoms with E-state index in [1.54, 1.807) is 12.3 Å². The molecule has 1 heterocycles. The number of amides is 2. The van der Waals surface area contributed by atoms with E-state index in [9.17, 15) is 9.59 Å². The standard InChI is InChI=1S/C16H18BrN3O3S/c1-9(2)8-23-12-6-10(3)4-5-11(12)19-14(21)15(22)20-16-18-7-13(17)24-16/h4-7,9H,8H2,1-3H3,(H,19,21)(H,18,20,22). The van der Waals surface area contributed by atoms with Crippen molar-refractivity contribution < 1.29 is 14.3 Å². The molecule has 128 valence electrons. The quantitative estimate of drug-likeness (QED) is 0.732. The van der Waals surface area contributed by atoms with Crippen LogP contribution in [0.4, 0.5) is 10.8 Å². The van der Waals surface area contributed by atoms with E-state index in [-0.39, 0.29) is 0 Å². The Labute approximate surface area is 152 Å². The maximum absolute atomic E-state index is 12.1. The van der Waals surface area contributed by atoms with Crippen LogP contribution in [0.5, 0.6) is 5.75 Å². The molecule has 0 aliphatic rings. The molecule has 0 unspecified atom stereocenters.